The molecule has 0 bridgehead atoms. The second kappa shape index (κ2) is 9.40. The molecule has 2 heterocycles. The maximum Gasteiger partial charge on any atom is 0.289 e. The Kier molecular flexibility index (Phi) is 6.42. The smallest absolute Gasteiger partial charge is 0.289 e. The van der Waals surface area contributed by atoms with E-state index >= 15 is 0 Å². The summed E-state index contributed by atoms with van der Waals surface area (Å²) in [5, 5.41) is 0. The molecule has 1 aliphatic heterocycles. The fraction of sp³-hybridized carbons (Fsp3) is 0.346. The number of rotatable bonds is 6. The van der Waals surface area contributed by atoms with E-state index in [4.69, 9.17) is 9.15 Å². The Bertz CT molecular complexity index is 1050. The van der Waals surface area contributed by atoms with Gasteiger partial charge in [-0.05, 0) is 55.7 Å². The molecule has 0 radical (unpaired) electrons. The van der Waals surface area contributed by atoms with Crippen LogP contribution in [0.1, 0.15) is 38.6 Å². The van der Waals surface area contributed by atoms with Crippen LogP contribution in [0.4, 0.5) is 0 Å². The molecule has 3 aromatic rings. The quantitative estimate of drug-likeness (QED) is 0.580. The molecule has 1 aromatic heterocycles. The average Bonchev–Trinajstić information content (AvgIpc) is 3.23. The van der Waals surface area contributed by atoms with E-state index < -0.39 is 0 Å². The normalized spacial score (nSPS) is 14.6. The Morgan fingerprint density at radius 1 is 0.935 bits per heavy atom. The number of furan rings is 1. The summed E-state index contributed by atoms with van der Waals surface area (Å²) in [6.45, 7) is 10.5. The Morgan fingerprint density at radius 3 is 2.48 bits per heavy atom. The first kappa shape index (κ1) is 21.2. The first-order valence-electron chi connectivity index (χ1n) is 10.8. The van der Waals surface area contributed by atoms with E-state index in [9.17, 15) is 4.79 Å². The van der Waals surface area contributed by atoms with Gasteiger partial charge in [0.25, 0.3) is 5.91 Å². The molecule has 0 N–H and O–H groups in total. The van der Waals surface area contributed by atoms with Crippen molar-refractivity contribution in [2.24, 2.45) is 0 Å². The highest BCUT2D eigenvalue weighted by Gasteiger charge is 2.24. The zero-order valence-corrected chi connectivity index (χ0v) is 18.6. The highest BCUT2D eigenvalue weighted by molar-refractivity contribution is 5.91. The predicted molar refractivity (Wildman–Crippen MR) is 121 cm³/mol. The van der Waals surface area contributed by atoms with E-state index in [0.29, 0.717) is 31.2 Å². The number of piperazine rings is 1. The highest BCUT2D eigenvalue weighted by Crippen LogP contribution is 2.21. The fourth-order valence-corrected chi connectivity index (χ4v) is 3.92. The molecule has 5 heteroatoms. The summed E-state index contributed by atoms with van der Waals surface area (Å²) >= 11 is 0. The van der Waals surface area contributed by atoms with Crippen molar-refractivity contribution in [3.8, 4) is 5.75 Å². The molecule has 2 aromatic carbocycles. The molecule has 162 valence electrons. The van der Waals surface area contributed by atoms with Crippen LogP contribution in [-0.4, -0.2) is 41.9 Å². The van der Waals surface area contributed by atoms with E-state index in [-0.39, 0.29) is 5.91 Å². The second-order valence-electron chi connectivity index (χ2n) is 8.38. The van der Waals surface area contributed by atoms with E-state index in [2.05, 4.69) is 42.2 Å². The SMILES string of the molecule is Cc1cccc(CN2CCN(C(=O)c3ccc(COc4cc(C)ccc4C)o3)CC2)c1. The first-order chi connectivity index (χ1) is 15.0. The zero-order chi connectivity index (χ0) is 21.8. The van der Waals surface area contributed by atoms with Crippen LogP contribution in [0, 0.1) is 20.8 Å². The van der Waals surface area contributed by atoms with Gasteiger partial charge < -0.3 is 14.1 Å². The Hall–Kier alpha value is -3.05. The first-order valence-corrected chi connectivity index (χ1v) is 10.8. The lowest BCUT2D eigenvalue weighted by molar-refractivity contribution is 0.0594. The molecule has 1 saturated heterocycles. The van der Waals surface area contributed by atoms with Gasteiger partial charge in [0, 0.05) is 32.7 Å². The minimum Gasteiger partial charge on any atom is -0.485 e. The number of carbonyl (C=O) groups is 1. The van der Waals surface area contributed by atoms with Crippen LogP contribution in [0.25, 0.3) is 0 Å². The molecule has 1 amide bonds. The molecule has 1 fully saturated rings. The van der Waals surface area contributed by atoms with Gasteiger partial charge in [-0.3, -0.25) is 9.69 Å². The Morgan fingerprint density at radius 2 is 1.71 bits per heavy atom. The molecule has 0 saturated carbocycles. The van der Waals surface area contributed by atoms with E-state index in [1.54, 1.807) is 6.07 Å². The van der Waals surface area contributed by atoms with Crippen LogP contribution in [0.3, 0.4) is 0 Å². The van der Waals surface area contributed by atoms with Crippen molar-refractivity contribution in [2.45, 2.75) is 33.9 Å². The van der Waals surface area contributed by atoms with E-state index in [1.807, 2.05) is 36.9 Å². The largest absolute Gasteiger partial charge is 0.485 e. The minimum absolute atomic E-state index is 0.0480. The lowest BCUT2D eigenvalue weighted by Gasteiger charge is -2.34. The van der Waals surface area contributed by atoms with Crippen molar-refractivity contribution in [2.75, 3.05) is 26.2 Å². The summed E-state index contributed by atoms with van der Waals surface area (Å²) < 4.78 is 11.7. The summed E-state index contributed by atoms with van der Waals surface area (Å²) in [6, 6.07) is 18.3. The summed E-state index contributed by atoms with van der Waals surface area (Å²) in [5.41, 5.74) is 4.83. The third-order valence-electron chi connectivity index (χ3n) is 5.73. The summed E-state index contributed by atoms with van der Waals surface area (Å²) in [7, 11) is 0. The lowest BCUT2D eigenvalue weighted by atomic mass is 10.1. The molecule has 31 heavy (non-hydrogen) atoms. The zero-order valence-electron chi connectivity index (χ0n) is 18.6. The number of benzene rings is 2. The van der Waals surface area contributed by atoms with Crippen LogP contribution in [0.15, 0.2) is 59.0 Å². The maximum absolute atomic E-state index is 12.9. The number of hydrogen-bond acceptors (Lipinski definition) is 4. The number of nitrogens with zero attached hydrogens (tertiary/aromatic N) is 2. The summed E-state index contributed by atoms with van der Waals surface area (Å²) in [5.74, 6) is 1.83. The topological polar surface area (TPSA) is 45.9 Å². The molecule has 4 rings (SSSR count). The van der Waals surface area contributed by atoms with Crippen LogP contribution in [0.2, 0.25) is 0 Å². The Labute approximate surface area is 184 Å². The van der Waals surface area contributed by atoms with Gasteiger partial charge in [0.2, 0.25) is 0 Å². The van der Waals surface area contributed by atoms with Gasteiger partial charge in [0.05, 0.1) is 0 Å². The molecule has 0 aliphatic carbocycles. The average molecular weight is 419 g/mol. The third-order valence-corrected chi connectivity index (χ3v) is 5.73. The minimum atomic E-state index is -0.0480. The standard InChI is InChI=1S/C26H30N2O3/c1-19-5-4-6-22(15-19)17-27-11-13-28(14-12-27)26(29)24-10-9-23(31-24)18-30-25-16-20(2)7-8-21(25)3/h4-10,15-16H,11-14,17-18H2,1-3H3. The molecular formula is C26H30N2O3. The lowest BCUT2D eigenvalue weighted by Crippen LogP contribution is -2.48. The van der Waals surface area contributed by atoms with Crippen molar-refractivity contribution in [1.29, 1.82) is 0 Å². The van der Waals surface area contributed by atoms with Crippen molar-refractivity contribution < 1.29 is 13.9 Å². The third kappa shape index (κ3) is 5.36. The van der Waals surface area contributed by atoms with Gasteiger partial charge in [0.15, 0.2) is 5.76 Å². The maximum atomic E-state index is 12.9. The van der Waals surface area contributed by atoms with Crippen molar-refractivity contribution in [3.63, 3.8) is 0 Å². The number of amides is 1. The number of aryl methyl sites for hydroxylation is 3. The van der Waals surface area contributed by atoms with Crippen molar-refractivity contribution >= 4 is 5.91 Å². The van der Waals surface area contributed by atoms with Gasteiger partial charge >= 0.3 is 0 Å². The van der Waals surface area contributed by atoms with Gasteiger partial charge in [-0.2, -0.15) is 0 Å². The molecule has 5 nitrogen and oxygen atoms in total. The van der Waals surface area contributed by atoms with Crippen LogP contribution >= 0.6 is 0 Å². The second-order valence-corrected chi connectivity index (χ2v) is 8.38. The van der Waals surface area contributed by atoms with Gasteiger partial charge in [-0.1, -0.05) is 42.0 Å². The van der Waals surface area contributed by atoms with Crippen LogP contribution < -0.4 is 4.74 Å². The van der Waals surface area contributed by atoms with Crippen LogP contribution in [-0.2, 0) is 13.2 Å². The number of carbonyl (C=O) groups excluding carboxylic acids is 1. The number of ether oxygens (including phenoxy) is 1. The summed E-state index contributed by atoms with van der Waals surface area (Å²) in [6.07, 6.45) is 0. The molecule has 0 spiro atoms. The van der Waals surface area contributed by atoms with Crippen molar-refractivity contribution in [3.05, 3.63) is 88.4 Å². The molecule has 1 aliphatic rings. The fourth-order valence-electron chi connectivity index (χ4n) is 3.92. The van der Waals surface area contributed by atoms with Gasteiger partial charge in [-0.15, -0.1) is 0 Å². The molecule has 0 unspecified atom stereocenters. The van der Waals surface area contributed by atoms with E-state index in [1.165, 1.54) is 11.1 Å². The van der Waals surface area contributed by atoms with E-state index in [0.717, 1.165) is 36.5 Å². The number of hydrogen-bond donors (Lipinski definition) is 0. The molecular weight excluding hydrogens is 388 g/mol. The van der Waals surface area contributed by atoms with Gasteiger partial charge in [0.1, 0.15) is 18.1 Å². The monoisotopic (exact) mass is 418 g/mol. The van der Waals surface area contributed by atoms with Crippen molar-refractivity contribution in [1.82, 2.24) is 9.80 Å². The Balaban J connectivity index is 1.29. The summed E-state index contributed by atoms with van der Waals surface area (Å²) in [4.78, 5) is 17.1. The van der Waals surface area contributed by atoms with Gasteiger partial charge in [-0.25, -0.2) is 0 Å². The predicted octanol–water partition coefficient (Wildman–Crippen LogP) is 4.74. The highest BCUT2D eigenvalue weighted by atomic mass is 16.5. The van der Waals surface area contributed by atoms with Crippen LogP contribution in [0.5, 0.6) is 5.75 Å². The molecule has 0 atom stereocenters.